The first kappa shape index (κ1) is 10.8. The molecule has 3 heteroatoms. The van der Waals surface area contributed by atoms with Crippen LogP contribution in [0.3, 0.4) is 0 Å². The predicted molar refractivity (Wildman–Crippen MR) is 48.7 cm³/mol. The van der Waals surface area contributed by atoms with E-state index in [1.807, 2.05) is 13.8 Å². The van der Waals surface area contributed by atoms with Crippen LogP contribution in [0.1, 0.15) is 39.5 Å². The van der Waals surface area contributed by atoms with Crippen LogP contribution in [-0.2, 0) is 9.53 Å². The van der Waals surface area contributed by atoms with Gasteiger partial charge in [-0.2, -0.15) is 0 Å². The van der Waals surface area contributed by atoms with E-state index in [0.717, 1.165) is 19.3 Å². The van der Waals surface area contributed by atoms with Gasteiger partial charge in [-0.05, 0) is 12.8 Å². The lowest BCUT2D eigenvalue weighted by atomic mass is 10.3. The topological polar surface area (TPSA) is 26.3 Å². The Kier molecular flexibility index (Phi) is 6.42. The molecule has 1 atom stereocenters. The maximum Gasteiger partial charge on any atom is 0.306 e. The lowest BCUT2D eigenvalue weighted by Crippen LogP contribution is -2.11. The summed E-state index contributed by atoms with van der Waals surface area (Å²) in [6.45, 7) is 3.99. The SMILES string of the molecule is CCCC(=O)OC(S)CCC. The number of hydrogen-bond donors (Lipinski definition) is 1. The van der Waals surface area contributed by atoms with E-state index >= 15 is 0 Å². The van der Waals surface area contributed by atoms with E-state index in [2.05, 4.69) is 12.6 Å². The molecule has 0 radical (unpaired) electrons. The summed E-state index contributed by atoms with van der Waals surface area (Å²) in [7, 11) is 0. The van der Waals surface area contributed by atoms with E-state index in [4.69, 9.17) is 4.74 Å². The lowest BCUT2D eigenvalue weighted by molar-refractivity contribution is -0.145. The molecule has 0 aliphatic heterocycles. The van der Waals surface area contributed by atoms with E-state index in [1.54, 1.807) is 0 Å². The summed E-state index contributed by atoms with van der Waals surface area (Å²) in [6, 6.07) is 0. The molecule has 0 saturated heterocycles. The summed E-state index contributed by atoms with van der Waals surface area (Å²) in [4.78, 5) is 10.9. The number of ether oxygens (including phenoxy) is 1. The van der Waals surface area contributed by atoms with E-state index in [9.17, 15) is 4.79 Å². The average Bonchev–Trinajstić information content (AvgIpc) is 1.87. The number of carbonyl (C=O) groups is 1. The van der Waals surface area contributed by atoms with Gasteiger partial charge >= 0.3 is 5.97 Å². The molecule has 0 aromatic rings. The van der Waals surface area contributed by atoms with E-state index in [0.29, 0.717) is 6.42 Å². The van der Waals surface area contributed by atoms with Crippen molar-refractivity contribution in [3.8, 4) is 0 Å². The van der Waals surface area contributed by atoms with Crippen LogP contribution < -0.4 is 0 Å². The van der Waals surface area contributed by atoms with Crippen LogP contribution in [0.25, 0.3) is 0 Å². The standard InChI is InChI=1S/C8H16O2S/c1-3-5-7(9)10-8(11)6-4-2/h8,11H,3-6H2,1-2H3. The first-order valence-electron chi connectivity index (χ1n) is 4.08. The highest BCUT2D eigenvalue weighted by atomic mass is 32.1. The van der Waals surface area contributed by atoms with Gasteiger partial charge in [0.05, 0.1) is 0 Å². The molecule has 0 fully saturated rings. The molecule has 66 valence electrons. The molecule has 0 bridgehead atoms. The van der Waals surface area contributed by atoms with Gasteiger partial charge in [-0.3, -0.25) is 4.79 Å². The van der Waals surface area contributed by atoms with Crippen molar-refractivity contribution < 1.29 is 9.53 Å². The van der Waals surface area contributed by atoms with E-state index < -0.39 is 0 Å². The summed E-state index contributed by atoms with van der Waals surface area (Å²) in [5.74, 6) is -0.138. The van der Waals surface area contributed by atoms with Crippen LogP contribution in [0.15, 0.2) is 0 Å². The van der Waals surface area contributed by atoms with Crippen molar-refractivity contribution in [2.24, 2.45) is 0 Å². The maximum atomic E-state index is 10.9. The first-order valence-corrected chi connectivity index (χ1v) is 4.59. The Labute approximate surface area is 73.7 Å². The van der Waals surface area contributed by atoms with Crippen molar-refractivity contribution in [2.45, 2.75) is 45.0 Å². The number of hydrogen-bond acceptors (Lipinski definition) is 3. The summed E-state index contributed by atoms with van der Waals surface area (Å²) < 4.78 is 4.96. The summed E-state index contributed by atoms with van der Waals surface area (Å²) in [6.07, 6.45) is 3.17. The summed E-state index contributed by atoms with van der Waals surface area (Å²) in [5, 5.41) is 0. The van der Waals surface area contributed by atoms with Crippen LogP contribution in [0.4, 0.5) is 0 Å². The van der Waals surface area contributed by atoms with Crippen molar-refractivity contribution in [2.75, 3.05) is 0 Å². The van der Waals surface area contributed by atoms with Crippen LogP contribution >= 0.6 is 12.6 Å². The molecule has 0 aromatic carbocycles. The fourth-order valence-corrected chi connectivity index (χ4v) is 1.10. The molecule has 11 heavy (non-hydrogen) atoms. The van der Waals surface area contributed by atoms with Crippen LogP contribution in [0.2, 0.25) is 0 Å². The molecule has 0 heterocycles. The van der Waals surface area contributed by atoms with Crippen molar-refractivity contribution >= 4 is 18.6 Å². The van der Waals surface area contributed by atoms with Gasteiger partial charge in [-0.1, -0.05) is 20.3 Å². The molecular weight excluding hydrogens is 160 g/mol. The molecule has 0 amide bonds. The average molecular weight is 176 g/mol. The van der Waals surface area contributed by atoms with Gasteiger partial charge in [0, 0.05) is 6.42 Å². The zero-order chi connectivity index (χ0) is 8.69. The highest BCUT2D eigenvalue weighted by Crippen LogP contribution is 2.07. The molecule has 0 rings (SSSR count). The van der Waals surface area contributed by atoms with Crippen LogP contribution in [0, 0.1) is 0 Å². The van der Waals surface area contributed by atoms with Crippen molar-refractivity contribution in [1.29, 1.82) is 0 Å². The molecule has 2 nitrogen and oxygen atoms in total. The van der Waals surface area contributed by atoms with Crippen molar-refractivity contribution in [3.63, 3.8) is 0 Å². The highest BCUT2D eigenvalue weighted by Gasteiger charge is 2.06. The molecule has 0 aliphatic rings. The van der Waals surface area contributed by atoms with Gasteiger partial charge in [0.1, 0.15) is 5.44 Å². The largest absolute Gasteiger partial charge is 0.452 e. The smallest absolute Gasteiger partial charge is 0.306 e. The number of rotatable bonds is 5. The van der Waals surface area contributed by atoms with Gasteiger partial charge in [0.2, 0.25) is 0 Å². The quantitative estimate of drug-likeness (QED) is 0.395. The Morgan fingerprint density at radius 3 is 2.55 bits per heavy atom. The Bertz CT molecular complexity index is 115. The second-order valence-corrected chi connectivity index (χ2v) is 3.06. The van der Waals surface area contributed by atoms with Crippen LogP contribution in [-0.4, -0.2) is 11.4 Å². The second-order valence-electron chi connectivity index (χ2n) is 2.48. The van der Waals surface area contributed by atoms with E-state index in [1.165, 1.54) is 0 Å². The second kappa shape index (κ2) is 6.53. The minimum absolute atomic E-state index is 0.138. The Morgan fingerprint density at radius 1 is 1.45 bits per heavy atom. The third-order valence-corrected chi connectivity index (χ3v) is 1.62. The van der Waals surface area contributed by atoms with Crippen molar-refractivity contribution in [1.82, 2.24) is 0 Å². The molecule has 0 aliphatic carbocycles. The van der Waals surface area contributed by atoms with Gasteiger partial charge < -0.3 is 4.74 Å². The lowest BCUT2D eigenvalue weighted by Gasteiger charge is -2.10. The minimum Gasteiger partial charge on any atom is -0.452 e. The Morgan fingerprint density at radius 2 is 2.09 bits per heavy atom. The molecule has 0 aromatic heterocycles. The predicted octanol–water partition coefficient (Wildman–Crippen LogP) is 2.39. The third kappa shape index (κ3) is 6.23. The number of carbonyl (C=O) groups excluding carboxylic acids is 1. The number of esters is 1. The molecular formula is C8H16O2S. The number of thiol groups is 1. The van der Waals surface area contributed by atoms with E-state index in [-0.39, 0.29) is 11.4 Å². The first-order chi connectivity index (χ1) is 5.20. The fourth-order valence-electron chi connectivity index (χ4n) is 0.721. The van der Waals surface area contributed by atoms with Crippen molar-refractivity contribution in [3.05, 3.63) is 0 Å². The van der Waals surface area contributed by atoms with Crippen LogP contribution in [0.5, 0.6) is 0 Å². The zero-order valence-corrected chi connectivity index (χ0v) is 8.06. The molecule has 0 N–H and O–H groups in total. The summed E-state index contributed by atoms with van der Waals surface area (Å²) >= 11 is 4.10. The fraction of sp³-hybridized carbons (Fsp3) is 0.875. The maximum absolute atomic E-state index is 10.9. The van der Waals surface area contributed by atoms with Gasteiger partial charge in [0.15, 0.2) is 0 Å². The normalized spacial score (nSPS) is 12.6. The van der Waals surface area contributed by atoms with Gasteiger partial charge in [-0.25, -0.2) is 0 Å². The monoisotopic (exact) mass is 176 g/mol. The summed E-state index contributed by atoms with van der Waals surface area (Å²) in [5.41, 5.74) is -0.209. The molecule has 0 saturated carbocycles. The molecule has 0 spiro atoms. The Balaban J connectivity index is 3.40. The highest BCUT2D eigenvalue weighted by molar-refractivity contribution is 7.80. The van der Waals surface area contributed by atoms with Gasteiger partial charge in [-0.15, -0.1) is 12.6 Å². The molecule has 1 unspecified atom stereocenters. The zero-order valence-electron chi connectivity index (χ0n) is 7.17. The third-order valence-electron chi connectivity index (χ3n) is 1.26. The Hall–Kier alpha value is -0.180. The van der Waals surface area contributed by atoms with Gasteiger partial charge in [0.25, 0.3) is 0 Å². The minimum atomic E-state index is -0.209.